The summed E-state index contributed by atoms with van der Waals surface area (Å²) in [5.41, 5.74) is -0.587. The summed E-state index contributed by atoms with van der Waals surface area (Å²) in [6, 6.07) is 0. The zero-order valence-electron chi connectivity index (χ0n) is 12.8. The van der Waals surface area contributed by atoms with Crippen LogP contribution in [0, 0.1) is 0 Å². The second-order valence-corrected chi connectivity index (χ2v) is 8.11. The van der Waals surface area contributed by atoms with E-state index in [1.807, 2.05) is 13.8 Å². The molecule has 0 rings (SSSR count). The van der Waals surface area contributed by atoms with Crippen LogP contribution in [0.4, 0.5) is 0 Å². The molecule has 0 aromatic carbocycles. The highest BCUT2D eigenvalue weighted by Gasteiger charge is 2.49. The molecule has 0 saturated heterocycles. The van der Waals surface area contributed by atoms with E-state index in [1.54, 1.807) is 0 Å². The van der Waals surface area contributed by atoms with Gasteiger partial charge in [0, 0.05) is 0 Å². The van der Waals surface area contributed by atoms with Crippen LogP contribution < -0.4 is 0 Å². The van der Waals surface area contributed by atoms with Gasteiger partial charge in [0.15, 0.2) is 5.34 Å². The summed E-state index contributed by atoms with van der Waals surface area (Å²) in [7, 11) is -1.27. The van der Waals surface area contributed by atoms with Gasteiger partial charge in [0.1, 0.15) is 0 Å². The first-order valence-electron chi connectivity index (χ1n) is 6.65. The lowest BCUT2D eigenvalue weighted by Crippen LogP contribution is -2.48. The first-order chi connectivity index (χ1) is 7.89. The molecule has 0 unspecified atom stereocenters. The molecule has 0 aromatic rings. The van der Waals surface area contributed by atoms with Crippen molar-refractivity contribution in [2.75, 3.05) is 0 Å². The van der Waals surface area contributed by atoms with E-state index in [1.165, 1.54) is 13.8 Å². The zero-order chi connectivity index (χ0) is 14.8. The normalized spacial score (nSPS) is 14.7. The van der Waals surface area contributed by atoms with E-state index in [4.69, 9.17) is 4.74 Å². The van der Waals surface area contributed by atoms with Gasteiger partial charge in [-0.2, -0.15) is 0 Å². The molecule has 0 fully saturated rings. The van der Waals surface area contributed by atoms with E-state index in [9.17, 15) is 14.4 Å². The summed E-state index contributed by atoms with van der Waals surface area (Å²) < 4.78 is 17.4. The van der Waals surface area contributed by atoms with Crippen LogP contribution in [0.3, 0.4) is 0 Å². The fraction of sp³-hybridized carbons (Fsp3) is 1.00. The maximum atomic E-state index is 11.5. The first kappa shape index (κ1) is 18.2. The molecule has 0 radical (unpaired) electrons. The van der Waals surface area contributed by atoms with Crippen molar-refractivity contribution in [2.45, 2.75) is 70.6 Å². The average Bonchev–Trinajstić information content (AvgIpc) is 2.17. The minimum absolute atomic E-state index is 0.0700. The smallest absolute Gasteiger partial charge is 0.356 e. The molecule has 0 amide bonds. The Balaban J connectivity index is 5.35. The molecule has 0 spiro atoms. The number of hydrogen-bond donors (Lipinski definition) is 2. The predicted octanol–water partition coefficient (Wildman–Crippen LogP) is 1.66. The molecule has 2 N–H and O–H groups in total. The summed E-state index contributed by atoms with van der Waals surface area (Å²) in [6.45, 7) is 11.0. The van der Waals surface area contributed by atoms with E-state index in [0.29, 0.717) is 0 Å². The lowest BCUT2D eigenvalue weighted by atomic mass is 9.33. The second-order valence-electron chi connectivity index (χ2n) is 5.94. The van der Waals surface area contributed by atoms with Gasteiger partial charge < -0.3 is 14.5 Å². The van der Waals surface area contributed by atoms with Crippen LogP contribution in [0.2, 0.25) is 5.31 Å². The van der Waals surface area contributed by atoms with Crippen molar-refractivity contribution in [1.82, 2.24) is 0 Å². The van der Waals surface area contributed by atoms with Crippen LogP contribution in [0.15, 0.2) is 0 Å². The van der Waals surface area contributed by atoms with Gasteiger partial charge in [0.25, 0.3) is 0 Å². The number of ether oxygens (including phenoxy) is 1. The Morgan fingerprint density at radius 2 is 1.56 bits per heavy atom. The van der Waals surface area contributed by atoms with Crippen LogP contribution in [-0.2, 0) is 9.30 Å². The van der Waals surface area contributed by atoms with Crippen molar-refractivity contribution in [3.63, 3.8) is 0 Å². The monoisotopic (exact) mass is 276 g/mol. The van der Waals surface area contributed by atoms with Gasteiger partial charge in [-0.1, -0.05) is 26.7 Å². The molecular formula is C11H27B2O4P. The van der Waals surface area contributed by atoms with Gasteiger partial charge in [0.05, 0.1) is 20.5 Å². The van der Waals surface area contributed by atoms with Crippen LogP contribution in [0.1, 0.15) is 54.4 Å². The van der Waals surface area contributed by atoms with Crippen LogP contribution >= 0.6 is 7.60 Å². The van der Waals surface area contributed by atoms with E-state index >= 15 is 0 Å². The molecule has 0 saturated carbocycles. The van der Waals surface area contributed by atoms with Crippen molar-refractivity contribution in [1.29, 1.82) is 0 Å². The van der Waals surface area contributed by atoms with Gasteiger partial charge >= 0.3 is 7.60 Å². The highest BCUT2D eigenvalue weighted by atomic mass is 31.2. The number of rotatable bonds is 7. The Bertz CT molecular complexity index is 313. The minimum Gasteiger partial charge on any atom is -0.357 e. The van der Waals surface area contributed by atoms with E-state index in [-0.39, 0.29) is 5.31 Å². The summed E-state index contributed by atoms with van der Waals surface area (Å²) in [5.74, 6) is 0. The lowest BCUT2D eigenvalue weighted by molar-refractivity contribution is -0.116. The molecule has 0 atom stereocenters. The van der Waals surface area contributed by atoms with Crippen molar-refractivity contribution >= 4 is 22.5 Å². The Morgan fingerprint density at radius 3 is 1.78 bits per heavy atom. The fourth-order valence-corrected chi connectivity index (χ4v) is 3.17. The van der Waals surface area contributed by atoms with Gasteiger partial charge in [-0.3, -0.25) is 4.57 Å². The molecule has 18 heavy (non-hydrogen) atoms. The molecule has 4 nitrogen and oxygen atoms in total. The summed E-state index contributed by atoms with van der Waals surface area (Å²) in [5, 5.41) is -1.53. The largest absolute Gasteiger partial charge is 0.357 e. The quantitative estimate of drug-likeness (QED) is 0.548. The third kappa shape index (κ3) is 3.41. The summed E-state index contributed by atoms with van der Waals surface area (Å²) in [4.78, 5) is 18.8. The van der Waals surface area contributed by atoms with Crippen molar-refractivity contribution in [3.8, 4) is 0 Å². The van der Waals surface area contributed by atoms with E-state index < -0.39 is 18.5 Å². The zero-order valence-corrected chi connectivity index (χ0v) is 13.7. The minimum atomic E-state index is -4.29. The molecule has 7 heteroatoms. The van der Waals surface area contributed by atoms with Crippen LogP contribution in [-0.4, -0.2) is 35.6 Å². The molecule has 0 aliphatic carbocycles. The Hall–Kier alpha value is 0.240. The van der Waals surface area contributed by atoms with Crippen LogP contribution in [0.5, 0.6) is 0 Å². The molecule has 0 aliphatic rings. The van der Waals surface area contributed by atoms with Crippen LogP contribution in [0.25, 0.3) is 0 Å². The molecule has 0 heterocycles. The molecule has 106 valence electrons. The Morgan fingerprint density at radius 1 is 1.17 bits per heavy atom. The Kier molecular flexibility index (Phi) is 5.78. The predicted molar refractivity (Wildman–Crippen MR) is 80.3 cm³/mol. The highest BCUT2D eigenvalue weighted by Crippen LogP contribution is 2.56. The summed E-state index contributed by atoms with van der Waals surface area (Å²) in [6.07, 6.45) is 1.84. The second kappa shape index (κ2) is 5.70. The SMILES string of the molecule is BBC(CC)(CC)C(C)(C)OC(C)(C)P(=O)(O)O. The fourth-order valence-electron chi connectivity index (χ4n) is 2.82. The third-order valence-corrected chi connectivity index (χ3v) is 6.01. The lowest BCUT2D eigenvalue weighted by Gasteiger charge is -2.49. The topological polar surface area (TPSA) is 66.8 Å². The average molecular weight is 276 g/mol. The van der Waals surface area contributed by atoms with Gasteiger partial charge in [-0.25, -0.2) is 0 Å². The van der Waals surface area contributed by atoms with Crippen molar-refractivity contribution in [2.24, 2.45) is 0 Å². The van der Waals surface area contributed by atoms with Crippen molar-refractivity contribution in [3.05, 3.63) is 0 Å². The first-order valence-corrected chi connectivity index (χ1v) is 8.26. The standard InChI is InChI=1S/C11H27B2O4P/c1-7-11(8-2,13-12)9(3,4)17-10(5,6)18(14,15)16/h13H,7-8,12H2,1-6H3,(H2,14,15,16). The van der Waals surface area contributed by atoms with E-state index in [0.717, 1.165) is 20.0 Å². The van der Waals surface area contributed by atoms with Gasteiger partial charge in [0.2, 0.25) is 0 Å². The highest BCUT2D eigenvalue weighted by molar-refractivity contribution is 7.53. The molecular weight excluding hydrogens is 249 g/mol. The Labute approximate surface area is 113 Å². The number of hydrogen-bond acceptors (Lipinski definition) is 2. The summed E-state index contributed by atoms with van der Waals surface area (Å²) >= 11 is 0. The van der Waals surface area contributed by atoms with Gasteiger partial charge in [-0.15, -0.1) is 0 Å². The molecule has 0 aliphatic heterocycles. The van der Waals surface area contributed by atoms with Crippen molar-refractivity contribution < 1.29 is 19.1 Å². The maximum Gasteiger partial charge on any atom is 0.356 e. The van der Waals surface area contributed by atoms with Gasteiger partial charge in [-0.05, 0) is 33.0 Å². The molecule has 0 aromatic heterocycles. The molecule has 0 bridgehead atoms. The van der Waals surface area contributed by atoms with E-state index in [2.05, 4.69) is 21.6 Å². The maximum absolute atomic E-state index is 11.5. The third-order valence-electron chi connectivity index (χ3n) is 4.51.